The molecule has 0 aromatic heterocycles. The van der Waals surface area contributed by atoms with Gasteiger partial charge in [-0.3, -0.25) is 5.32 Å². The minimum atomic E-state index is -0.577. The van der Waals surface area contributed by atoms with Crippen molar-refractivity contribution in [2.75, 3.05) is 0 Å². The lowest BCUT2D eigenvalue weighted by molar-refractivity contribution is 0.0558. The van der Waals surface area contributed by atoms with Crippen LogP contribution in [0.25, 0.3) is 5.70 Å². The number of rotatable bonds is 2. The van der Waals surface area contributed by atoms with Crippen molar-refractivity contribution in [3.63, 3.8) is 0 Å². The number of nitrogens with one attached hydrogen (secondary N) is 1. The van der Waals surface area contributed by atoms with Gasteiger partial charge in [0, 0.05) is 5.70 Å². The lowest BCUT2D eigenvalue weighted by atomic mass is 10.2. The Morgan fingerprint density at radius 1 is 1.29 bits per heavy atom. The molecule has 0 unspecified atom stereocenters. The summed E-state index contributed by atoms with van der Waals surface area (Å²) in [5, 5.41) is 2.49. The lowest BCUT2D eigenvalue weighted by Gasteiger charge is -2.20. The first-order valence-corrected chi connectivity index (χ1v) is 5.23. The van der Waals surface area contributed by atoms with Crippen LogP contribution >= 0.6 is 0 Å². The third-order valence-corrected chi connectivity index (χ3v) is 1.84. The van der Waals surface area contributed by atoms with Gasteiger partial charge in [0.15, 0.2) is 0 Å². The lowest BCUT2D eigenvalue weighted by Crippen LogP contribution is -2.31. The topological polar surface area (TPSA) is 38.3 Å². The fraction of sp³-hybridized carbons (Fsp3) is 0.308. The smallest absolute Gasteiger partial charge is 0.412 e. The van der Waals surface area contributed by atoms with Crippen LogP contribution in [0.3, 0.4) is 0 Å². The van der Waals surface area contributed by atoms with E-state index in [1.165, 1.54) is 24.3 Å². The van der Waals surface area contributed by atoms with Gasteiger partial charge in [0.25, 0.3) is 0 Å². The molecule has 0 aliphatic rings. The van der Waals surface area contributed by atoms with E-state index in [9.17, 15) is 9.18 Å². The number of hydrogen-bond donors (Lipinski definition) is 1. The Morgan fingerprint density at radius 3 is 2.29 bits per heavy atom. The van der Waals surface area contributed by atoms with Crippen molar-refractivity contribution in [3.05, 3.63) is 42.2 Å². The molecule has 1 amide bonds. The largest absolute Gasteiger partial charge is 0.444 e. The Balaban J connectivity index is 2.61. The number of halogens is 1. The number of hydrogen-bond acceptors (Lipinski definition) is 2. The Kier molecular flexibility index (Phi) is 3.89. The quantitative estimate of drug-likeness (QED) is 0.856. The molecule has 1 rings (SSSR count). The van der Waals surface area contributed by atoms with Crippen molar-refractivity contribution in [1.82, 2.24) is 5.32 Å². The van der Waals surface area contributed by atoms with Crippen LogP contribution in [0.2, 0.25) is 0 Å². The summed E-state index contributed by atoms with van der Waals surface area (Å²) in [6.07, 6.45) is -0.577. The van der Waals surface area contributed by atoms with Gasteiger partial charge in [0.05, 0.1) is 0 Å². The second-order valence-corrected chi connectivity index (χ2v) is 4.61. The summed E-state index contributed by atoms with van der Waals surface area (Å²) in [4.78, 5) is 11.4. The number of carbonyl (C=O) groups is 1. The van der Waals surface area contributed by atoms with Gasteiger partial charge < -0.3 is 4.74 Å². The number of alkyl carbamates (subject to hydrolysis) is 1. The van der Waals surface area contributed by atoms with Gasteiger partial charge in [-0.25, -0.2) is 9.18 Å². The highest BCUT2D eigenvalue weighted by Crippen LogP contribution is 2.12. The molecule has 1 aromatic carbocycles. The van der Waals surface area contributed by atoms with Crippen LogP contribution in [0.5, 0.6) is 0 Å². The molecule has 0 radical (unpaired) electrons. The fourth-order valence-electron chi connectivity index (χ4n) is 1.15. The number of amides is 1. The van der Waals surface area contributed by atoms with Gasteiger partial charge in [-0.2, -0.15) is 0 Å². The van der Waals surface area contributed by atoms with E-state index in [0.29, 0.717) is 11.3 Å². The van der Waals surface area contributed by atoms with Crippen LogP contribution in [-0.4, -0.2) is 11.7 Å². The molecule has 0 spiro atoms. The van der Waals surface area contributed by atoms with Crippen molar-refractivity contribution in [2.45, 2.75) is 26.4 Å². The average molecular weight is 237 g/mol. The molecule has 1 aromatic rings. The molecule has 0 atom stereocenters. The first kappa shape index (κ1) is 13.2. The second-order valence-electron chi connectivity index (χ2n) is 4.61. The van der Waals surface area contributed by atoms with Crippen molar-refractivity contribution in [1.29, 1.82) is 0 Å². The van der Waals surface area contributed by atoms with E-state index < -0.39 is 11.7 Å². The highest BCUT2D eigenvalue weighted by molar-refractivity contribution is 5.81. The molecular weight excluding hydrogens is 221 g/mol. The predicted octanol–water partition coefficient (Wildman–Crippen LogP) is 3.32. The number of carbonyl (C=O) groups excluding carboxylic acids is 1. The molecule has 0 heterocycles. The molecular formula is C13H16FNO2. The predicted molar refractivity (Wildman–Crippen MR) is 64.8 cm³/mol. The van der Waals surface area contributed by atoms with Crippen LogP contribution in [0, 0.1) is 5.82 Å². The first-order valence-electron chi connectivity index (χ1n) is 5.23. The fourth-order valence-corrected chi connectivity index (χ4v) is 1.15. The zero-order chi connectivity index (χ0) is 13.1. The van der Waals surface area contributed by atoms with Crippen LogP contribution in [0.4, 0.5) is 9.18 Å². The minimum absolute atomic E-state index is 0.334. The Bertz CT molecular complexity index is 418. The van der Waals surface area contributed by atoms with Crippen molar-refractivity contribution >= 4 is 11.8 Å². The molecule has 0 saturated heterocycles. The van der Waals surface area contributed by atoms with E-state index in [-0.39, 0.29) is 5.82 Å². The van der Waals surface area contributed by atoms with E-state index in [1.54, 1.807) is 20.8 Å². The maximum atomic E-state index is 12.7. The third kappa shape index (κ3) is 4.68. The van der Waals surface area contributed by atoms with Gasteiger partial charge in [-0.05, 0) is 38.5 Å². The van der Waals surface area contributed by atoms with Gasteiger partial charge in [0.2, 0.25) is 0 Å². The minimum Gasteiger partial charge on any atom is -0.444 e. The highest BCUT2D eigenvalue weighted by atomic mass is 19.1. The normalized spacial score (nSPS) is 10.8. The molecule has 17 heavy (non-hydrogen) atoms. The van der Waals surface area contributed by atoms with E-state index >= 15 is 0 Å². The summed E-state index contributed by atoms with van der Waals surface area (Å²) in [6, 6.07) is 5.68. The molecule has 0 aliphatic heterocycles. The summed E-state index contributed by atoms with van der Waals surface area (Å²) < 4.78 is 17.8. The Morgan fingerprint density at radius 2 is 1.82 bits per heavy atom. The molecule has 0 saturated carbocycles. The first-order chi connectivity index (χ1) is 7.78. The van der Waals surface area contributed by atoms with Gasteiger partial charge >= 0.3 is 6.09 Å². The molecule has 0 aliphatic carbocycles. The van der Waals surface area contributed by atoms with Gasteiger partial charge in [-0.1, -0.05) is 18.7 Å². The van der Waals surface area contributed by atoms with Crippen molar-refractivity contribution in [2.24, 2.45) is 0 Å². The molecule has 1 N–H and O–H groups in total. The van der Waals surface area contributed by atoms with E-state index in [4.69, 9.17) is 4.74 Å². The summed E-state index contributed by atoms with van der Waals surface area (Å²) in [7, 11) is 0. The Hall–Kier alpha value is -1.84. The molecule has 0 bridgehead atoms. The van der Waals surface area contributed by atoms with Crippen molar-refractivity contribution < 1.29 is 13.9 Å². The van der Waals surface area contributed by atoms with Crippen LogP contribution in [0.15, 0.2) is 30.8 Å². The zero-order valence-corrected chi connectivity index (χ0v) is 10.2. The zero-order valence-electron chi connectivity index (χ0n) is 10.2. The Labute approximate surface area is 100 Å². The SMILES string of the molecule is C=C(NC(=O)OC(C)(C)C)c1ccc(F)cc1. The van der Waals surface area contributed by atoms with E-state index in [2.05, 4.69) is 11.9 Å². The third-order valence-electron chi connectivity index (χ3n) is 1.84. The molecule has 0 fully saturated rings. The molecule has 4 heteroatoms. The summed E-state index contributed by atoms with van der Waals surface area (Å²) >= 11 is 0. The summed E-state index contributed by atoms with van der Waals surface area (Å²) in [5.74, 6) is -0.334. The van der Waals surface area contributed by atoms with Crippen LogP contribution in [-0.2, 0) is 4.74 Å². The monoisotopic (exact) mass is 237 g/mol. The van der Waals surface area contributed by atoms with Crippen LogP contribution < -0.4 is 5.32 Å². The van der Waals surface area contributed by atoms with E-state index in [0.717, 1.165) is 0 Å². The standard InChI is InChI=1S/C13H16FNO2/c1-9(10-5-7-11(14)8-6-10)15-12(16)17-13(2,3)4/h5-8H,1H2,2-4H3,(H,15,16). The van der Waals surface area contributed by atoms with Gasteiger partial charge in [0.1, 0.15) is 11.4 Å². The van der Waals surface area contributed by atoms with Crippen molar-refractivity contribution in [3.8, 4) is 0 Å². The number of benzene rings is 1. The maximum absolute atomic E-state index is 12.7. The second kappa shape index (κ2) is 4.99. The highest BCUT2D eigenvalue weighted by Gasteiger charge is 2.16. The van der Waals surface area contributed by atoms with Gasteiger partial charge in [-0.15, -0.1) is 0 Å². The number of ether oxygens (including phenoxy) is 1. The molecule has 92 valence electrons. The maximum Gasteiger partial charge on any atom is 0.412 e. The summed E-state index contributed by atoms with van der Waals surface area (Å²) in [5.41, 5.74) is 0.448. The summed E-state index contributed by atoms with van der Waals surface area (Å²) in [6.45, 7) is 9.00. The molecule has 3 nitrogen and oxygen atoms in total. The van der Waals surface area contributed by atoms with E-state index in [1.807, 2.05) is 0 Å². The average Bonchev–Trinajstić information content (AvgIpc) is 2.15. The van der Waals surface area contributed by atoms with Crippen LogP contribution in [0.1, 0.15) is 26.3 Å².